The van der Waals surface area contributed by atoms with Gasteiger partial charge in [0.05, 0.1) is 0 Å². The highest BCUT2D eigenvalue weighted by molar-refractivity contribution is 9.10. The molecular weight excluding hydrogens is 256 g/mol. The largest absolute Gasteiger partial charge is 0.367 e. The third-order valence-electron chi connectivity index (χ3n) is 2.39. The smallest absolute Gasteiger partial charge is 0.225 e. The highest BCUT2D eigenvalue weighted by atomic mass is 79.9. The molecule has 0 saturated heterocycles. The lowest BCUT2D eigenvalue weighted by Crippen LogP contribution is -1.86. The average molecular weight is 267 g/mol. The first-order chi connectivity index (χ1) is 7.09. The van der Waals surface area contributed by atoms with Gasteiger partial charge in [-0.15, -0.1) is 0 Å². The van der Waals surface area contributed by atoms with Crippen LogP contribution < -0.4 is 5.73 Å². The van der Waals surface area contributed by atoms with E-state index in [4.69, 9.17) is 10.3 Å². The normalized spacial score (nSPS) is 10.6. The molecule has 0 aliphatic rings. The van der Waals surface area contributed by atoms with Gasteiger partial charge in [0.15, 0.2) is 0 Å². The summed E-state index contributed by atoms with van der Waals surface area (Å²) in [7, 11) is 0. The predicted octanol–water partition coefficient (Wildman–Crippen LogP) is 3.30. The van der Waals surface area contributed by atoms with Crippen LogP contribution >= 0.6 is 15.9 Å². The number of nitrogens with zero attached hydrogens (tertiary/aromatic N) is 1. The number of nitrogens with two attached hydrogens (primary N) is 1. The van der Waals surface area contributed by atoms with E-state index in [9.17, 15) is 0 Å². The van der Waals surface area contributed by atoms with Gasteiger partial charge in [0.2, 0.25) is 5.88 Å². The lowest BCUT2D eigenvalue weighted by molar-refractivity contribution is 0.439. The molecule has 0 fully saturated rings. The zero-order valence-corrected chi connectivity index (χ0v) is 10.1. The van der Waals surface area contributed by atoms with Crippen molar-refractivity contribution in [2.75, 3.05) is 5.73 Å². The number of aryl methyl sites for hydroxylation is 1. The van der Waals surface area contributed by atoms with Crippen molar-refractivity contribution in [1.82, 2.24) is 5.16 Å². The van der Waals surface area contributed by atoms with Crippen LogP contribution in [0.25, 0.3) is 11.3 Å². The van der Waals surface area contributed by atoms with Crippen LogP contribution in [-0.2, 0) is 0 Å². The van der Waals surface area contributed by atoms with Crippen molar-refractivity contribution in [3.63, 3.8) is 0 Å². The molecule has 1 heterocycles. The summed E-state index contributed by atoms with van der Waals surface area (Å²) in [6.45, 7) is 3.94. The molecular formula is C11H11BrN2O. The Hall–Kier alpha value is -1.29. The van der Waals surface area contributed by atoms with E-state index in [0.717, 1.165) is 26.9 Å². The van der Waals surface area contributed by atoms with E-state index in [1.807, 2.05) is 32.0 Å². The summed E-state index contributed by atoms with van der Waals surface area (Å²) >= 11 is 3.46. The molecule has 3 nitrogen and oxygen atoms in total. The van der Waals surface area contributed by atoms with Gasteiger partial charge >= 0.3 is 0 Å². The first kappa shape index (κ1) is 10.2. The minimum absolute atomic E-state index is 0.380. The van der Waals surface area contributed by atoms with E-state index in [1.165, 1.54) is 0 Å². The Bertz CT molecular complexity index is 505. The minimum Gasteiger partial charge on any atom is -0.367 e. The molecule has 1 aromatic heterocycles. The minimum atomic E-state index is 0.380. The molecule has 0 unspecified atom stereocenters. The molecule has 2 N–H and O–H groups in total. The van der Waals surface area contributed by atoms with Gasteiger partial charge in [0.1, 0.15) is 5.69 Å². The first-order valence-electron chi connectivity index (χ1n) is 4.58. The molecule has 2 aromatic rings. The second-order valence-corrected chi connectivity index (χ2v) is 4.34. The topological polar surface area (TPSA) is 52.0 Å². The second kappa shape index (κ2) is 3.70. The number of nitrogen functional groups attached to an aromatic ring is 1. The number of hydrogen-bond donors (Lipinski definition) is 1. The Morgan fingerprint density at radius 2 is 2.07 bits per heavy atom. The molecule has 0 radical (unpaired) electrons. The van der Waals surface area contributed by atoms with Crippen LogP contribution in [0.2, 0.25) is 0 Å². The number of anilines is 1. The van der Waals surface area contributed by atoms with Crippen LogP contribution in [0.1, 0.15) is 11.1 Å². The molecule has 0 aliphatic carbocycles. The van der Waals surface area contributed by atoms with Gasteiger partial charge in [0, 0.05) is 15.6 Å². The molecule has 0 atom stereocenters. The number of benzene rings is 1. The molecule has 4 heteroatoms. The molecule has 2 rings (SSSR count). The third-order valence-corrected chi connectivity index (χ3v) is 3.28. The van der Waals surface area contributed by atoms with Crippen molar-refractivity contribution < 1.29 is 4.52 Å². The van der Waals surface area contributed by atoms with E-state index in [0.29, 0.717) is 5.88 Å². The van der Waals surface area contributed by atoms with Crippen molar-refractivity contribution in [3.05, 3.63) is 33.8 Å². The maximum Gasteiger partial charge on any atom is 0.225 e. The molecule has 1 aromatic carbocycles. The Balaban J connectivity index is 2.55. The molecule has 0 saturated carbocycles. The summed E-state index contributed by atoms with van der Waals surface area (Å²) in [6, 6.07) is 6.03. The van der Waals surface area contributed by atoms with Gasteiger partial charge in [0.25, 0.3) is 0 Å². The SMILES string of the molecule is Cc1cc(-c2noc(N)c2C)ccc1Br. The van der Waals surface area contributed by atoms with Crippen LogP contribution in [0, 0.1) is 13.8 Å². The van der Waals surface area contributed by atoms with Crippen molar-refractivity contribution in [3.8, 4) is 11.3 Å². The van der Waals surface area contributed by atoms with Gasteiger partial charge in [-0.3, -0.25) is 0 Å². The predicted molar refractivity (Wildman–Crippen MR) is 63.5 cm³/mol. The summed E-state index contributed by atoms with van der Waals surface area (Å²) < 4.78 is 6.02. The van der Waals surface area contributed by atoms with Gasteiger partial charge in [-0.05, 0) is 31.5 Å². The lowest BCUT2D eigenvalue weighted by atomic mass is 10.1. The first-order valence-corrected chi connectivity index (χ1v) is 5.37. The Morgan fingerprint density at radius 1 is 1.33 bits per heavy atom. The van der Waals surface area contributed by atoms with Crippen molar-refractivity contribution in [2.45, 2.75) is 13.8 Å². The van der Waals surface area contributed by atoms with E-state index < -0.39 is 0 Å². The molecule has 0 amide bonds. The molecule has 0 bridgehead atoms. The van der Waals surface area contributed by atoms with Crippen molar-refractivity contribution in [1.29, 1.82) is 0 Å². The molecule has 78 valence electrons. The molecule has 0 spiro atoms. The Labute approximate surface area is 96.4 Å². The molecule has 15 heavy (non-hydrogen) atoms. The standard InChI is InChI=1S/C11H11BrN2O/c1-6-5-8(3-4-9(6)12)10-7(2)11(13)15-14-10/h3-5H,13H2,1-2H3. The van der Waals surface area contributed by atoms with Crippen LogP contribution in [0.4, 0.5) is 5.88 Å². The second-order valence-electron chi connectivity index (χ2n) is 3.48. The average Bonchev–Trinajstić information content (AvgIpc) is 2.53. The van der Waals surface area contributed by atoms with E-state index >= 15 is 0 Å². The van der Waals surface area contributed by atoms with Crippen LogP contribution in [0.15, 0.2) is 27.2 Å². The summed E-state index contributed by atoms with van der Waals surface area (Å²) in [6.07, 6.45) is 0. The van der Waals surface area contributed by atoms with Gasteiger partial charge in [-0.1, -0.05) is 27.2 Å². The quantitative estimate of drug-likeness (QED) is 0.862. The number of rotatable bonds is 1. The molecule has 0 aliphatic heterocycles. The number of halogens is 1. The van der Waals surface area contributed by atoms with Crippen molar-refractivity contribution >= 4 is 21.8 Å². The summed E-state index contributed by atoms with van der Waals surface area (Å²) in [5.41, 5.74) is 9.48. The lowest BCUT2D eigenvalue weighted by Gasteiger charge is -2.01. The fourth-order valence-electron chi connectivity index (χ4n) is 1.41. The fourth-order valence-corrected chi connectivity index (χ4v) is 1.66. The maximum atomic E-state index is 5.61. The van der Waals surface area contributed by atoms with E-state index in [2.05, 4.69) is 21.1 Å². The Morgan fingerprint density at radius 3 is 2.60 bits per heavy atom. The van der Waals surface area contributed by atoms with Gasteiger partial charge in [-0.25, -0.2) is 0 Å². The van der Waals surface area contributed by atoms with Gasteiger partial charge in [-0.2, -0.15) is 0 Å². The van der Waals surface area contributed by atoms with Crippen LogP contribution in [0.3, 0.4) is 0 Å². The van der Waals surface area contributed by atoms with Crippen LogP contribution in [-0.4, -0.2) is 5.16 Å². The van der Waals surface area contributed by atoms with Gasteiger partial charge < -0.3 is 10.3 Å². The van der Waals surface area contributed by atoms with Crippen molar-refractivity contribution in [2.24, 2.45) is 0 Å². The third kappa shape index (κ3) is 1.77. The summed E-state index contributed by atoms with van der Waals surface area (Å²) in [5, 5.41) is 3.94. The summed E-state index contributed by atoms with van der Waals surface area (Å²) in [5.74, 6) is 0.380. The highest BCUT2D eigenvalue weighted by Crippen LogP contribution is 2.28. The number of hydrogen-bond acceptors (Lipinski definition) is 3. The Kier molecular flexibility index (Phi) is 2.52. The number of aromatic nitrogens is 1. The zero-order chi connectivity index (χ0) is 11.0. The van der Waals surface area contributed by atoms with E-state index in [-0.39, 0.29) is 0 Å². The van der Waals surface area contributed by atoms with E-state index in [1.54, 1.807) is 0 Å². The zero-order valence-electron chi connectivity index (χ0n) is 8.54. The highest BCUT2D eigenvalue weighted by Gasteiger charge is 2.11. The maximum absolute atomic E-state index is 5.61. The van der Waals surface area contributed by atoms with Crippen LogP contribution in [0.5, 0.6) is 0 Å². The monoisotopic (exact) mass is 266 g/mol. The fraction of sp³-hybridized carbons (Fsp3) is 0.182. The summed E-state index contributed by atoms with van der Waals surface area (Å²) in [4.78, 5) is 0.